The molecule has 4 rings (SSSR count). The Balaban J connectivity index is 1.72. The van der Waals surface area contributed by atoms with Crippen molar-refractivity contribution in [1.82, 2.24) is 10.2 Å². The van der Waals surface area contributed by atoms with Crippen molar-refractivity contribution in [2.24, 2.45) is 0 Å². The highest BCUT2D eigenvalue weighted by atomic mass is 16.2. The van der Waals surface area contributed by atoms with Crippen LogP contribution in [0.3, 0.4) is 0 Å². The average molecular weight is 344 g/mol. The van der Waals surface area contributed by atoms with Gasteiger partial charge in [0.2, 0.25) is 0 Å². The number of carbonyl (C=O) groups is 2. The van der Waals surface area contributed by atoms with Crippen LogP contribution in [0.2, 0.25) is 0 Å². The summed E-state index contributed by atoms with van der Waals surface area (Å²) in [7, 11) is 0. The van der Waals surface area contributed by atoms with E-state index in [1.54, 1.807) is 6.92 Å². The number of hydrogen-bond acceptors (Lipinski definition) is 2. The Bertz CT molecular complexity index is 1000. The summed E-state index contributed by atoms with van der Waals surface area (Å²) in [5, 5.41) is 4.93. The lowest BCUT2D eigenvalue weighted by molar-refractivity contribution is -0.131. The molecule has 1 aliphatic rings. The summed E-state index contributed by atoms with van der Waals surface area (Å²) in [4.78, 5) is 27.1. The molecule has 0 aliphatic carbocycles. The van der Waals surface area contributed by atoms with Crippen LogP contribution in [0.5, 0.6) is 0 Å². The number of urea groups is 1. The lowest BCUT2D eigenvalue weighted by Gasteiger charge is -2.24. The van der Waals surface area contributed by atoms with Crippen LogP contribution in [-0.2, 0) is 16.9 Å². The summed E-state index contributed by atoms with van der Waals surface area (Å²) in [5.74, 6) is -0.223. The molecule has 4 nitrogen and oxygen atoms in total. The van der Waals surface area contributed by atoms with Crippen LogP contribution < -0.4 is 5.32 Å². The number of aryl methyl sites for hydroxylation is 1. The predicted octanol–water partition coefficient (Wildman–Crippen LogP) is 4.12. The number of rotatable bonds is 3. The maximum absolute atomic E-state index is 13.2. The summed E-state index contributed by atoms with van der Waals surface area (Å²) in [6, 6.07) is 21.3. The van der Waals surface area contributed by atoms with E-state index in [0.717, 1.165) is 27.5 Å². The van der Waals surface area contributed by atoms with Crippen LogP contribution in [0.4, 0.5) is 4.79 Å². The zero-order valence-corrected chi connectivity index (χ0v) is 14.8. The molecule has 3 amide bonds. The van der Waals surface area contributed by atoms with Gasteiger partial charge in [0.05, 0.1) is 6.54 Å². The third kappa shape index (κ3) is 2.54. The molecule has 1 fully saturated rings. The van der Waals surface area contributed by atoms with Gasteiger partial charge in [-0.15, -0.1) is 0 Å². The molecule has 3 aromatic rings. The van der Waals surface area contributed by atoms with Gasteiger partial charge in [0.1, 0.15) is 5.54 Å². The first-order valence-corrected chi connectivity index (χ1v) is 8.67. The highest BCUT2D eigenvalue weighted by Gasteiger charge is 2.49. The summed E-state index contributed by atoms with van der Waals surface area (Å²) in [6.45, 7) is 4.06. The highest BCUT2D eigenvalue weighted by molar-refractivity contribution is 6.09. The molecular weight excluding hydrogens is 324 g/mol. The van der Waals surface area contributed by atoms with Crippen molar-refractivity contribution in [3.8, 4) is 0 Å². The van der Waals surface area contributed by atoms with Crippen LogP contribution in [0.25, 0.3) is 10.8 Å². The fourth-order valence-corrected chi connectivity index (χ4v) is 3.56. The van der Waals surface area contributed by atoms with E-state index in [4.69, 9.17) is 0 Å². The fourth-order valence-electron chi connectivity index (χ4n) is 3.56. The quantitative estimate of drug-likeness (QED) is 0.727. The molecule has 0 bridgehead atoms. The summed E-state index contributed by atoms with van der Waals surface area (Å²) in [6.07, 6.45) is 0. The number of carbonyl (C=O) groups excluding carboxylic acids is 2. The molecule has 0 aromatic heterocycles. The van der Waals surface area contributed by atoms with Crippen molar-refractivity contribution >= 4 is 22.7 Å². The van der Waals surface area contributed by atoms with Gasteiger partial charge in [-0.05, 0) is 35.7 Å². The molecule has 0 unspecified atom stereocenters. The molecule has 0 radical (unpaired) electrons. The number of amides is 3. The van der Waals surface area contributed by atoms with Crippen LogP contribution >= 0.6 is 0 Å². The van der Waals surface area contributed by atoms with Crippen LogP contribution in [0.15, 0.2) is 66.7 Å². The first-order chi connectivity index (χ1) is 12.5. The number of benzene rings is 3. The van der Waals surface area contributed by atoms with E-state index in [9.17, 15) is 9.59 Å². The molecule has 0 saturated carbocycles. The van der Waals surface area contributed by atoms with Crippen LogP contribution in [0.1, 0.15) is 23.6 Å². The predicted molar refractivity (Wildman–Crippen MR) is 102 cm³/mol. The molecule has 1 aliphatic heterocycles. The van der Waals surface area contributed by atoms with Crippen LogP contribution in [-0.4, -0.2) is 16.8 Å². The second-order valence-corrected chi connectivity index (χ2v) is 6.96. The number of fused-ring (bicyclic) bond motifs is 1. The number of nitrogens with zero attached hydrogens (tertiary/aromatic N) is 1. The van der Waals surface area contributed by atoms with Gasteiger partial charge in [-0.3, -0.25) is 9.69 Å². The molecule has 26 heavy (non-hydrogen) atoms. The lowest BCUT2D eigenvalue weighted by atomic mass is 9.88. The highest BCUT2D eigenvalue weighted by Crippen LogP contribution is 2.34. The topological polar surface area (TPSA) is 49.4 Å². The first kappa shape index (κ1) is 16.3. The molecule has 0 spiro atoms. The minimum absolute atomic E-state index is 0.223. The maximum atomic E-state index is 13.2. The van der Waals surface area contributed by atoms with Crippen molar-refractivity contribution < 1.29 is 9.59 Å². The largest absolute Gasteiger partial charge is 0.325 e. The molecule has 1 N–H and O–H groups in total. The second-order valence-electron chi connectivity index (χ2n) is 6.96. The monoisotopic (exact) mass is 344 g/mol. The molecule has 1 saturated heterocycles. The van der Waals surface area contributed by atoms with Gasteiger partial charge in [-0.2, -0.15) is 0 Å². The Kier molecular flexibility index (Phi) is 3.76. The van der Waals surface area contributed by atoms with Gasteiger partial charge in [-0.1, -0.05) is 72.3 Å². The van der Waals surface area contributed by atoms with Crippen molar-refractivity contribution in [3.63, 3.8) is 0 Å². The third-order valence-corrected chi connectivity index (χ3v) is 5.06. The van der Waals surface area contributed by atoms with Gasteiger partial charge in [-0.25, -0.2) is 4.79 Å². The second kappa shape index (κ2) is 5.99. The molecular formula is C22H20N2O2. The van der Waals surface area contributed by atoms with Gasteiger partial charge in [0, 0.05) is 0 Å². The van der Waals surface area contributed by atoms with E-state index in [1.807, 2.05) is 73.7 Å². The van der Waals surface area contributed by atoms with Gasteiger partial charge >= 0.3 is 6.03 Å². The maximum Gasteiger partial charge on any atom is 0.325 e. The number of hydrogen-bond donors (Lipinski definition) is 1. The van der Waals surface area contributed by atoms with E-state index in [0.29, 0.717) is 0 Å². The standard InChI is InChI=1S/C22H20N2O2/c1-15-10-12-16(13-11-15)14-24-20(25)22(2,23-21(24)26)19-9-5-7-17-6-3-4-8-18(17)19/h3-13H,14H2,1-2H3,(H,23,26)/t22-/m0/s1. The smallest absolute Gasteiger partial charge is 0.319 e. The Hall–Kier alpha value is -3.14. The summed E-state index contributed by atoms with van der Waals surface area (Å²) in [5.41, 5.74) is 1.83. The van der Waals surface area contributed by atoms with Crippen molar-refractivity contribution in [2.75, 3.05) is 0 Å². The Labute approximate surface area is 152 Å². The normalized spacial score (nSPS) is 19.8. The van der Waals surface area contributed by atoms with Gasteiger partial charge < -0.3 is 5.32 Å². The fraction of sp³-hybridized carbons (Fsp3) is 0.182. The zero-order chi connectivity index (χ0) is 18.3. The van der Waals surface area contributed by atoms with Crippen LogP contribution in [0, 0.1) is 6.92 Å². The minimum atomic E-state index is -1.07. The summed E-state index contributed by atoms with van der Waals surface area (Å²) < 4.78 is 0. The Morgan fingerprint density at radius 1 is 0.923 bits per heavy atom. The first-order valence-electron chi connectivity index (χ1n) is 8.67. The van der Waals surface area contributed by atoms with Gasteiger partial charge in [0.15, 0.2) is 0 Å². The van der Waals surface area contributed by atoms with E-state index >= 15 is 0 Å². The van der Waals surface area contributed by atoms with E-state index < -0.39 is 5.54 Å². The van der Waals surface area contributed by atoms with E-state index in [-0.39, 0.29) is 18.5 Å². The molecule has 4 heteroatoms. The van der Waals surface area contributed by atoms with Gasteiger partial charge in [0.25, 0.3) is 5.91 Å². The van der Waals surface area contributed by atoms with E-state index in [2.05, 4.69) is 5.32 Å². The minimum Gasteiger partial charge on any atom is -0.319 e. The molecule has 130 valence electrons. The molecule has 3 aromatic carbocycles. The third-order valence-electron chi connectivity index (χ3n) is 5.06. The number of nitrogens with one attached hydrogen (secondary N) is 1. The Morgan fingerprint density at radius 3 is 2.38 bits per heavy atom. The van der Waals surface area contributed by atoms with Crippen molar-refractivity contribution in [1.29, 1.82) is 0 Å². The number of imide groups is 1. The Morgan fingerprint density at radius 2 is 1.62 bits per heavy atom. The molecule has 1 heterocycles. The SMILES string of the molecule is Cc1ccc(CN2C(=O)N[C@@](C)(c3cccc4ccccc34)C2=O)cc1. The van der Waals surface area contributed by atoms with E-state index in [1.165, 1.54) is 4.90 Å². The lowest BCUT2D eigenvalue weighted by Crippen LogP contribution is -2.41. The molecule has 1 atom stereocenters. The summed E-state index contributed by atoms with van der Waals surface area (Å²) >= 11 is 0. The van der Waals surface area contributed by atoms with Crippen molar-refractivity contribution in [2.45, 2.75) is 25.9 Å². The zero-order valence-electron chi connectivity index (χ0n) is 14.8. The average Bonchev–Trinajstić information content (AvgIpc) is 2.87. The van der Waals surface area contributed by atoms with Crippen molar-refractivity contribution in [3.05, 3.63) is 83.4 Å².